The van der Waals surface area contributed by atoms with Gasteiger partial charge in [0.15, 0.2) is 5.13 Å². The summed E-state index contributed by atoms with van der Waals surface area (Å²) in [5.41, 5.74) is 6.86. The number of para-hydroxylation sites is 1. The number of aryl methyl sites for hydroxylation is 4. The van der Waals surface area contributed by atoms with Gasteiger partial charge in [-0.25, -0.2) is 9.78 Å². The van der Waals surface area contributed by atoms with E-state index in [4.69, 9.17) is 4.74 Å². The molecule has 0 fully saturated rings. The molecule has 31 heavy (non-hydrogen) atoms. The number of amides is 2. The van der Waals surface area contributed by atoms with Crippen LogP contribution in [0, 0.1) is 27.7 Å². The summed E-state index contributed by atoms with van der Waals surface area (Å²) < 4.78 is 5.35. The van der Waals surface area contributed by atoms with Crippen LogP contribution in [0.2, 0.25) is 0 Å². The molecule has 3 aromatic rings. The van der Waals surface area contributed by atoms with Crippen molar-refractivity contribution in [2.75, 3.05) is 24.3 Å². The Morgan fingerprint density at radius 2 is 1.81 bits per heavy atom. The summed E-state index contributed by atoms with van der Waals surface area (Å²) in [5, 5.41) is 9.85. The molecular formula is C24H30N4O2S. The number of rotatable bonds is 8. The van der Waals surface area contributed by atoms with Gasteiger partial charge in [0.1, 0.15) is 5.75 Å². The molecule has 0 atom stereocenters. The van der Waals surface area contributed by atoms with E-state index in [0.29, 0.717) is 24.6 Å². The van der Waals surface area contributed by atoms with Crippen LogP contribution in [0.1, 0.15) is 32.8 Å². The molecule has 1 aromatic heterocycles. The highest BCUT2D eigenvalue weighted by Crippen LogP contribution is 2.26. The van der Waals surface area contributed by atoms with Gasteiger partial charge in [-0.05, 0) is 56.9 Å². The zero-order valence-corrected chi connectivity index (χ0v) is 19.6. The number of nitrogens with one attached hydrogen (secondary N) is 3. The van der Waals surface area contributed by atoms with E-state index in [2.05, 4.69) is 53.8 Å². The summed E-state index contributed by atoms with van der Waals surface area (Å²) in [6.07, 6.45) is 0.693. The van der Waals surface area contributed by atoms with E-state index in [1.54, 1.807) is 7.11 Å². The third-order valence-corrected chi connectivity index (χ3v) is 6.16. The first kappa shape index (κ1) is 22.6. The summed E-state index contributed by atoms with van der Waals surface area (Å²) in [7, 11) is 1.65. The number of anilines is 2. The van der Waals surface area contributed by atoms with E-state index in [1.807, 2.05) is 31.2 Å². The SMILES string of the molecule is COc1ccccc1CCNC(=O)Nc1nc(C)c(CNc2c(C)cc(C)cc2C)s1. The number of nitrogens with zero attached hydrogens (tertiary/aromatic N) is 1. The van der Waals surface area contributed by atoms with E-state index in [9.17, 15) is 4.79 Å². The summed E-state index contributed by atoms with van der Waals surface area (Å²) >= 11 is 1.49. The van der Waals surface area contributed by atoms with Gasteiger partial charge >= 0.3 is 6.03 Å². The molecule has 0 aliphatic heterocycles. The lowest BCUT2D eigenvalue weighted by Gasteiger charge is -2.13. The molecular weight excluding hydrogens is 408 g/mol. The molecule has 0 radical (unpaired) electrons. The van der Waals surface area contributed by atoms with Crippen LogP contribution < -0.4 is 20.7 Å². The first-order valence-electron chi connectivity index (χ1n) is 10.3. The number of hydrogen-bond acceptors (Lipinski definition) is 5. The molecule has 6 nitrogen and oxygen atoms in total. The van der Waals surface area contributed by atoms with Crippen molar-refractivity contribution in [3.05, 3.63) is 69.2 Å². The fraction of sp³-hybridized carbons (Fsp3) is 0.333. The number of hydrogen-bond donors (Lipinski definition) is 3. The average molecular weight is 439 g/mol. The van der Waals surface area contributed by atoms with Gasteiger partial charge < -0.3 is 15.4 Å². The molecule has 1 heterocycles. The number of thiazole rings is 1. The maximum absolute atomic E-state index is 12.3. The quantitative estimate of drug-likeness (QED) is 0.442. The van der Waals surface area contributed by atoms with Crippen LogP contribution in [-0.2, 0) is 13.0 Å². The Bertz CT molecular complexity index is 1040. The number of methoxy groups -OCH3 is 1. The Labute approximate surface area is 188 Å². The number of urea groups is 1. The van der Waals surface area contributed by atoms with Gasteiger partial charge in [-0.1, -0.05) is 47.2 Å². The van der Waals surface area contributed by atoms with Crippen molar-refractivity contribution in [3.63, 3.8) is 0 Å². The van der Waals surface area contributed by atoms with Gasteiger partial charge in [0, 0.05) is 17.1 Å². The van der Waals surface area contributed by atoms with Crippen molar-refractivity contribution in [1.82, 2.24) is 10.3 Å². The molecule has 0 aliphatic carbocycles. The zero-order valence-electron chi connectivity index (χ0n) is 18.8. The van der Waals surface area contributed by atoms with Crippen molar-refractivity contribution < 1.29 is 9.53 Å². The second-order valence-corrected chi connectivity index (χ2v) is 8.68. The zero-order chi connectivity index (χ0) is 22.4. The highest BCUT2D eigenvalue weighted by atomic mass is 32.1. The molecule has 2 aromatic carbocycles. The van der Waals surface area contributed by atoms with Gasteiger partial charge in [0.25, 0.3) is 0 Å². The molecule has 7 heteroatoms. The van der Waals surface area contributed by atoms with Crippen molar-refractivity contribution in [3.8, 4) is 5.75 Å². The summed E-state index contributed by atoms with van der Waals surface area (Å²) in [5.74, 6) is 0.830. The average Bonchev–Trinajstić information content (AvgIpc) is 3.06. The number of aromatic nitrogens is 1. The maximum Gasteiger partial charge on any atom is 0.321 e. The van der Waals surface area contributed by atoms with Crippen molar-refractivity contribution >= 4 is 28.2 Å². The molecule has 0 saturated carbocycles. The molecule has 2 amide bonds. The van der Waals surface area contributed by atoms with E-state index in [0.717, 1.165) is 27.6 Å². The lowest BCUT2D eigenvalue weighted by molar-refractivity contribution is 0.252. The number of carbonyl (C=O) groups excluding carboxylic acids is 1. The highest BCUT2D eigenvalue weighted by Gasteiger charge is 2.12. The van der Waals surface area contributed by atoms with Crippen LogP contribution in [-0.4, -0.2) is 24.7 Å². The Hall–Kier alpha value is -3.06. The van der Waals surface area contributed by atoms with E-state index < -0.39 is 0 Å². The van der Waals surface area contributed by atoms with Crippen LogP contribution in [0.25, 0.3) is 0 Å². The largest absolute Gasteiger partial charge is 0.496 e. The van der Waals surface area contributed by atoms with Gasteiger partial charge in [-0.3, -0.25) is 5.32 Å². The van der Waals surface area contributed by atoms with Crippen LogP contribution in [0.5, 0.6) is 5.75 Å². The first-order chi connectivity index (χ1) is 14.9. The van der Waals surface area contributed by atoms with Crippen LogP contribution >= 0.6 is 11.3 Å². The second-order valence-electron chi connectivity index (χ2n) is 7.60. The molecule has 164 valence electrons. The first-order valence-corrected chi connectivity index (χ1v) is 11.1. The number of benzene rings is 2. The predicted molar refractivity (Wildman–Crippen MR) is 129 cm³/mol. The van der Waals surface area contributed by atoms with Crippen LogP contribution in [0.4, 0.5) is 15.6 Å². The third-order valence-electron chi connectivity index (χ3n) is 5.09. The fourth-order valence-corrected chi connectivity index (χ4v) is 4.53. The van der Waals surface area contributed by atoms with Crippen molar-refractivity contribution in [2.45, 2.75) is 40.7 Å². The standard InChI is InChI=1S/C24H30N4O2S/c1-15-12-16(2)22(17(3)13-15)26-14-21-18(4)27-24(31-21)28-23(29)25-11-10-19-8-6-7-9-20(19)30-5/h6-9,12-13,26H,10-11,14H2,1-5H3,(H2,25,27,28,29). The molecule has 0 unspecified atom stereocenters. The summed E-state index contributed by atoms with van der Waals surface area (Å²) in [4.78, 5) is 17.9. The fourth-order valence-electron chi connectivity index (χ4n) is 3.63. The second kappa shape index (κ2) is 10.3. The maximum atomic E-state index is 12.3. The van der Waals surface area contributed by atoms with Crippen molar-refractivity contribution in [1.29, 1.82) is 0 Å². The van der Waals surface area contributed by atoms with Gasteiger partial charge in [-0.2, -0.15) is 0 Å². The monoisotopic (exact) mass is 438 g/mol. The van der Waals surface area contributed by atoms with Crippen LogP contribution in [0.15, 0.2) is 36.4 Å². The lowest BCUT2D eigenvalue weighted by Crippen LogP contribution is -2.30. The number of ether oxygens (including phenoxy) is 1. The molecule has 3 rings (SSSR count). The van der Waals surface area contributed by atoms with E-state index in [1.165, 1.54) is 28.0 Å². The Morgan fingerprint density at radius 3 is 2.52 bits per heavy atom. The lowest BCUT2D eigenvalue weighted by atomic mass is 10.1. The van der Waals surface area contributed by atoms with E-state index >= 15 is 0 Å². The Balaban J connectivity index is 1.53. The van der Waals surface area contributed by atoms with Gasteiger partial charge in [0.05, 0.1) is 19.3 Å². The third kappa shape index (κ3) is 5.98. The minimum atomic E-state index is -0.256. The van der Waals surface area contributed by atoms with Crippen molar-refractivity contribution in [2.24, 2.45) is 0 Å². The smallest absolute Gasteiger partial charge is 0.321 e. The molecule has 0 saturated heterocycles. The topological polar surface area (TPSA) is 75.3 Å². The van der Waals surface area contributed by atoms with Gasteiger partial charge in [0.2, 0.25) is 0 Å². The summed E-state index contributed by atoms with van der Waals surface area (Å²) in [6.45, 7) is 9.49. The minimum absolute atomic E-state index is 0.256. The highest BCUT2D eigenvalue weighted by molar-refractivity contribution is 7.15. The molecule has 0 aliphatic rings. The predicted octanol–water partition coefficient (Wildman–Crippen LogP) is 5.36. The molecule has 3 N–H and O–H groups in total. The van der Waals surface area contributed by atoms with E-state index in [-0.39, 0.29) is 6.03 Å². The number of carbonyl (C=O) groups is 1. The Kier molecular flexibility index (Phi) is 7.52. The van der Waals surface area contributed by atoms with Crippen LogP contribution in [0.3, 0.4) is 0 Å². The van der Waals surface area contributed by atoms with Gasteiger partial charge in [-0.15, -0.1) is 0 Å². The Morgan fingerprint density at radius 1 is 1.10 bits per heavy atom. The molecule has 0 bridgehead atoms. The molecule has 0 spiro atoms. The minimum Gasteiger partial charge on any atom is -0.496 e. The normalized spacial score (nSPS) is 10.6. The summed E-state index contributed by atoms with van der Waals surface area (Å²) in [6, 6.07) is 11.9.